The molecule has 0 fully saturated rings. The first-order chi connectivity index (χ1) is 10.7. The van der Waals surface area contributed by atoms with Crippen LogP contribution >= 0.6 is 0 Å². The van der Waals surface area contributed by atoms with Gasteiger partial charge in [0.1, 0.15) is 12.1 Å². The van der Waals surface area contributed by atoms with Gasteiger partial charge in [-0.05, 0) is 24.5 Å². The van der Waals surface area contributed by atoms with Crippen molar-refractivity contribution in [3.8, 4) is 0 Å². The summed E-state index contributed by atoms with van der Waals surface area (Å²) in [5, 5.41) is 20.7. The van der Waals surface area contributed by atoms with Crippen LogP contribution in [0.3, 0.4) is 0 Å². The van der Waals surface area contributed by atoms with Crippen LogP contribution in [0.2, 0.25) is 0 Å². The summed E-state index contributed by atoms with van der Waals surface area (Å²) in [7, 11) is 0. The van der Waals surface area contributed by atoms with E-state index in [1.165, 1.54) is 18.2 Å². The second-order valence-corrected chi connectivity index (χ2v) is 5.10. The normalized spacial score (nSPS) is 14.3. The van der Waals surface area contributed by atoms with E-state index in [1.54, 1.807) is 6.92 Å². The van der Waals surface area contributed by atoms with Crippen LogP contribution in [0.4, 0.5) is 13.2 Å². The molecule has 0 radical (unpaired) electrons. The Kier molecular flexibility index (Phi) is 6.56. The topological polar surface area (TPSA) is 86.6 Å². The van der Waals surface area contributed by atoms with Crippen molar-refractivity contribution >= 4 is 11.9 Å². The van der Waals surface area contributed by atoms with E-state index in [9.17, 15) is 27.9 Å². The number of nitrogens with one attached hydrogen (secondary N) is 1. The van der Waals surface area contributed by atoms with Crippen molar-refractivity contribution in [1.82, 2.24) is 5.32 Å². The molecule has 0 aliphatic heterocycles. The fourth-order valence-electron chi connectivity index (χ4n) is 2.22. The number of carbonyl (C=O) groups is 2. The molecule has 0 aliphatic carbocycles. The largest absolute Gasteiger partial charge is 0.480 e. The Bertz CT molecular complexity index is 560. The van der Waals surface area contributed by atoms with Crippen LogP contribution in [0, 0.1) is 0 Å². The van der Waals surface area contributed by atoms with Crippen LogP contribution in [0.1, 0.15) is 30.9 Å². The van der Waals surface area contributed by atoms with Crippen LogP contribution in [-0.2, 0) is 22.2 Å². The molecule has 2 atom stereocenters. The second kappa shape index (κ2) is 7.96. The summed E-state index contributed by atoms with van der Waals surface area (Å²) in [6.07, 6.45) is -4.39. The summed E-state index contributed by atoms with van der Waals surface area (Å²) in [5.74, 6) is -2.63. The smallest absolute Gasteiger partial charge is 0.416 e. The van der Waals surface area contributed by atoms with Gasteiger partial charge in [0.2, 0.25) is 0 Å². The van der Waals surface area contributed by atoms with E-state index in [2.05, 4.69) is 5.32 Å². The van der Waals surface area contributed by atoms with Crippen molar-refractivity contribution in [2.24, 2.45) is 0 Å². The molecule has 0 aromatic heterocycles. The zero-order valence-corrected chi connectivity index (χ0v) is 12.4. The molecule has 3 N–H and O–H groups in total. The van der Waals surface area contributed by atoms with Crippen LogP contribution in [-0.4, -0.2) is 34.2 Å². The highest BCUT2D eigenvalue weighted by molar-refractivity contribution is 5.77. The van der Waals surface area contributed by atoms with Crippen LogP contribution in [0.15, 0.2) is 24.3 Å². The average Bonchev–Trinajstić information content (AvgIpc) is 2.44. The van der Waals surface area contributed by atoms with Gasteiger partial charge in [-0.1, -0.05) is 31.5 Å². The Balaban J connectivity index is 3.02. The van der Waals surface area contributed by atoms with Crippen LogP contribution in [0.25, 0.3) is 0 Å². The minimum absolute atomic E-state index is 0.181. The molecule has 1 rings (SSSR count). The lowest BCUT2D eigenvalue weighted by atomic mass is 9.98. The Morgan fingerprint density at radius 1 is 1.13 bits per heavy atom. The maximum absolute atomic E-state index is 12.9. The van der Waals surface area contributed by atoms with Crippen molar-refractivity contribution in [3.63, 3.8) is 0 Å². The lowest BCUT2D eigenvalue weighted by Gasteiger charge is -2.21. The van der Waals surface area contributed by atoms with E-state index in [1.807, 2.05) is 0 Å². The molecular formula is C15H18F3NO4. The zero-order chi connectivity index (χ0) is 17.6. The number of rotatable bonds is 8. The molecule has 2 unspecified atom stereocenters. The lowest BCUT2D eigenvalue weighted by Crippen LogP contribution is -2.48. The van der Waals surface area contributed by atoms with Gasteiger partial charge in [-0.3, -0.25) is 14.9 Å². The fourth-order valence-corrected chi connectivity index (χ4v) is 2.22. The molecule has 128 valence electrons. The molecule has 8 heteroatoms. The number of benzene rings is 1. The van der Waals surface area contributed by atoms with E-state index in [0.29, 0.717) is 6.42 Å². The molecule has 0 spiro atoms. The number of hydrogen-bond acceptors (Lipinski definition) is 3. The molecule has 0 heterocycles. The van der Waals surface area contributed by atoms with E-state index < -0.39 is 42.2 Å². The number of halogens is 3. The zero-order valence-electron chi connectivity index (χ0n) is 12.4. The SMILES string of the molecule is CCCC(NC(Cc1ccccc1C(F)(F)F)C(=O)O)C(=O)O. The van der Waals surface area contributed by atoms with Gasteiger partial charge in [0.25, 0.3) is 0 Å². The number of aliphatic carboxylic acids is 2. The molecule has 23 heavy (non-hydrogen) atoms. The Morgan fingerprint density at radius 2 is 1.70 bits per heavy atom. The molecule has 0 amide bonds. The summed E-state index contributed by atoms with van der Waals surface area (Å²) >= 11 is 0. The van der Waals surface area contributed by atoms with Crippen molar-refractivity contribution in [3.05, 3.63) is 35.4 Å². The van der Waals surface area contributed by atoms with Crippen LogP contribution < -0.4 is 5.32 Å². The van der Waals surface area contributed by atoms with Gasteiger partial charge < -0.3 is 10.2 Å². The van der Waals surface area contributed by atoms with E-state index in [-0.39, 0.29) is 12.0 Å². The lowest BCUT2D eigenvalue weighted by molar-refractivity contribution is -0.144. The monoisotopic (exact) mass is 333 g/mol. The average molecular weight is 333 g/mol. The van der Waals surface area contributed by atoms with E-state index >= 15 is 0 Å². The first-order valence-corrected chi connectivity index (χ1v) is 7.03. The van der Waals surface area contributed by atoms with Crippen LogP contribution in [0.5, 0.6) is 0 Å². The highest BCUT2D eigenvalue weighted by atomic mass is 19.4. The Labute approximate surface area is 131 Å². The quantitative estimate of drug-likeness (QED) is 0.681. The van der Waals surface area contributed by atoms with Gasteiger partial charge >= 0.3 is 18.1 Å². The minimum atomic E-state index is -4.60. The number of carboxylic acids is 2. The Morgan fingerprint density at radius 3 is 2.17 bits per heavy atom. The van der Waals surface area contributed by atoms with Crippen molar-refractivity contribution in [1.29, 1.82) is 0 Å². The summed E-state index contributed by atoms with van der Waals surface area (Å²) in [5.41, 5.74) is -1.11. The molecule has 0 aliphatic rings. The summed E-state index contributed by atoms with van der Waals surface area (Å²) in [4.78, 5) is 22.4. The molecule has 0 saturated heterocycles. The molecule has 0 bridgehead atoms. The fraction of sp³-hybridized carbons (Fsp3) is 0.467. The summed E-state index contributed by atoms with van der Waals surface area (Å²) < 4.78 is 38.8. The second-order valence-electron chi connectivity index (χ2n) is 5.10. The third-order valence-corrected chi connectivity index (χ3v) is 3.32. The van der Waals surface area contributed by atoms with Gasteiger partial charge in [0, 0.05) is 0 Å². The van der Waals surface area contributed by atoms with Crippen molar-refractivity contribution < 1.29 is 33.0 Å². The maximum atomic E-state index is 12.9. The summed E-state index contributed by atoms with van der Waals surface area (Å²) in [6.45, 7) is 1.73. The molecular weight excluding hydrogens is 315 g/mol. The third-order valence-electron chi connectivity index (χ3n) is 3.32. The predicted molar refractivity (Wildman–Crippen MR) is 76.0 cm³/mol. The highest BCUT2D eigenvalue weighted by Gasteiger charge is 2.34. The first-order valence-electron chi connectivity index (χ1n) is 7.03. The molecule has 1 aromatic rings. The molecule has 0 saturated carbocycles. The van der Waals surface area contributed by atoms with Crippen molar-refractivity contribution in [2.75, 3.05) is 0 Å². The van der Waals surface area contributed by atoms with Gasteiger partial charge in [0.05, 0.1) is 5.56 Å². The van der Waals surface area contributed by atoms with Gasteiger partial charge in [0.15, 0.2) is 0 Å². The molecule has 1 aromatic carbocycles. The standard InChI is InChI=1S/C15H18F3NO4/c1-2-5-11(13(20)21)19-12(14(22)23)8-9-6-3-4-7-10(9)15(16,17)18/h3-4,6-7,11-12,19H,2,5,8H2,1H3,(H,20,21)(H,22,23). The predicted octanol–water partition coefficient (Wildman–Crippen LogP) is 2.54. The molecule has 5 nitrogen and oxygen atoms in total. The maximum Gasteiger partial charge on any atom is 0.416 e. The Hall–Kier alpha value is -2.09. The highest BCUT2D eigenvalue weighted by Crippen LogP contribution is 2.32. The van der Waals surface area contributed by atoms with Gasteiger partial charge in [-0.15, -0.1) is 0 Å². The third kappa shape index (κ3) is 5.55. The van der Waals surface area contributed by atoms with Crippen molar-refractivity contribution in [2.45, 2.75) is 44.4 Å². The van der Waals surface area contributed by atoms with Gasteiger partial charge in [-0.2, -0.15) is 13.2 Å². The first kappa shape index (κ1) is 19.0. The minimum Gasteiger partial charge on any atom is -0.480 e. The van der Waals surface area contributed by atoms with E-state index in [0.717, 1.165) is 6.07 Å². The number of alkyl halides is 3. The number of carboxylic acid groups (broad SMARTS) is 2. The summed E-state index contributed by atoms with van der Waals surface area (Å²) in [6, 6.07) is 2.10. The number of hydrogen-bond donors (Lipinski definition) is 3. The van der Waals surface area contributed by atoms with E-state index in [4.69, 9.17) is 5.11 Å². The van der Waals surface area contributed by atoms with Gasteiger partial charge in [-0.25, -0.2) is 0 Å².